The SMILES string of the molecule is C/C=C(/C=C(\C)c1ccc(/C=C/C=C/C)s1)C(=C/C)\OC=O. The summed E-state index contributed by atoms with van der Waals surface area (Å²) in [6, 6.07) is 4.21. The minimum absolute atomic E-state index is 0.456. The highest BCUT2D eigenvalue weighted by Crippen LogP contribution is 2.27. The first kappa shape index (κ1) is 17.9. The van der Waals surface area contributed by atoms with Gasteiger partial charge in [-0.25, -0.2) is 0 Å². The van der Waals surface area contributed by atoms with E-state index in [0.717, 1.165) is 11.1 Å². The highest BCUT2D eigenvalue weighted by atomic mass is 32.1. The summed E-state index contributed by atoms with van der Waals surface area (Å²) in [5, 5.41) is 0. The first-order valence-electron chi connectivity index (χ1n) is 7.17. The lowest BCUT2D eigenvalue weighted by molar-refractivity contribution is -0.124. The second-order valence-electron chi connectivity index (χ2n) is 4.53. The van der Waals surface area contributed by atoms with Gasteiger partial charge < -0.3 is 4.74 Å². The third-order valence-corrected chi connectivity index (χ3v) is 4.17. The van der Waals surface area contributed by atoms with Crippen molar-refractivity contribution in [2.75, 3.05) is 0 Å². The van der Waals surface area contributed by atoms with Gasteiger partial charge in [0.15, 0.2) is 0 Å². The van der Waals surface area contributed by atoms with Crippen molar-refractivity contribution >= 4 is 29.5 Å². The Morgan fingerprint density at radius 2 is 1.91 bits per heavy atom. The number of rotatable bonds is 7. The topological polar surface area (TPSA) is 26.3 Å². The molecule has 1 aromatic heterocycles. The molecule has 0 atom stereocenters. The van der Waals surface area contributed by atoms with Crippen LogP contribution in [0.1, 0.15) is 37.4 Å². The first-order valence-corrected chi connectivity index (χ1v) is 7.99. The van der Waals surface area contributed by atoms with Crippen molar-refractivity contribution in [2.24, 2.45) is 0 Å². The monoisotopic (exact) mass is 314 g/mol. The zero-order valence-corrected chi connectivity index (χ0v) is 14.3. The number of carbonyl (C=O) groups is 1. The molecule has 1 heterocycles. The van der Waals surface area contributed by atoms with E-state index in [4.69, 9.17) is 4.74 Å². The second kappa shape index (κ2) is 9.74. The average molecular weight is 314 g/mol. The number of thiophene rings is 1. The fraction of sp³-hybridized carbons (Fsp3) is 0.211. The number of hydrogen-bond donors (Lipinski definition) is 0. The van der Waals surface area contributed by atoms with Crippen LogP contribution in [0.25, 0.3) is 11.6 Å². The molecule has 116 valence electrons. The molecule has 1 aromatic rings. The van der Waals surface area contributed by atoms with E-state index in [1.54, 1.807) is 17.4 Å². The summed E-state index contributed by atoms with van der Waals surface area (Å²) < 4.78 is 5.00. The van der Waals surface area contributed by atoms with Gasteiger partial charge >= 0.3 is 0 Å². The Kier molecular flexibility index (Phi) is 7.94. The molecule has 3 heteroatoms. The molecule has 0 amide bonds. The van der Waals surface area contributed by atoms with Crippen LogP contribution >= 0.6 is 11.3 Å². The summed E-state index contributed by atoms with van der Waals surface area (Å²) in [4.78, 5) is 13.0. The van der Waals surface area contributed by atoms with Crippen molar-refractivity contribution in [3.63, 3.8) is 0 Å². The maximum absolute atomic E-state index is 10.6. The summed E-state index contributed by atoms with van der Waals surface area (Å²) >= 11 is 1.73. The Hall–Kier alpha value is -2.13. The van der Waals surface area contributed by atoms with Crippen LogP contribution in [0.4, 0.5) is 0 Å². The number of carbonyl (C=O) groups excluding carboxylic acids is 1. The molecule has 0 aliphatic heterocycles. The van der Waals surface area contributed by atoms with Crippen molar-refractivity contribution in [3.05, 3.63) is 69.7 Å². The summed E-state index contributed by atoms with van der Waals surface area (Å²) in [7, 11) is 0. The molecule has 0 saturated carbocycles. The van der Waals surface area contributed by atoms with E-state index in [1.807, 2.05) is 51.2 Å². The number of ether oxygens (including phenoxy) is 1. The summed E-state index contributed by atoms with van der Waals surface area (Å²) in [5.41, 5.74) is 2.03. The summed E-state index contributed by atoms with van der Waals surface area (Å²) in [5.74, 6) is 0.571. The lowest BCUT2D eigenvalue weighted by Gasteiger charge is -2.06. The van der Waals surface area contributed by atoms with Crippen LogP contribution in [-0.4, -0.2) is 6.47 Å². The first-order chi connectivity index (χ1) is 10.7. The van der Waals surface area contributed by atoms with Gasteiger partial charge in [-0.15, -0.1) is 11.3 Å². The van der Waals surface area contributed by atoms with Gasteiger partial charge in [0.2, 0.25) is 0 Å². The quantitative estimate of drug-likeness (QED) is 0.363. The van der Waals surface area contributed by atoms with Crippen molar-refractivity contribution < 1.29 is 9.53 Å². The Bertz CT molecular complexity index is 640. The van der Waals surface area contributed by atoms with Crippen LogP contribution in [-0.2, 0) is 9.53 Å². The number of allylic oxidation sites excluding steroid dienone is 7. The molecule has 0 saturated heterocycles. The van der Waals surface area contributed by atoms with Crippen LogP contribution in [0.2, 0.25) is 0 Å². The van der Waals surface area contributed by atoms with Crippen LogP contribution in [0.15, 0.2) is 59.9 Å². The van der Waals surface area contributed by atoms with Crippen LogP contribution in [0, 0.1) is 0 Å². The summed E-state index contributed by atoms with van der Waals surface area (Å²) in [6.45, 7) is 8.29. The Labute approximate surface area is 136 Å². The molecule has 0 aliphatic carbocycles. The van der Waals surface area contributed by atoms with Gasteiger partial charge in [-0.1, -0.05) is 24.3 Å². The third kappa shape index (κ3) is 5.34. The second-order valence-corrected chi connectivity index (χ2v) is 5.64. The van der Waals surface area contributed by atoms with Gasteiger partial charge in [-0.05, 0) is 63.6 Å². The van der Waals surface area contributed by atoms with E-state index in [9.17, 15) is 4.79 Å². The minimum atomic E-state index is 0.456. The molecule has 0 fully saturated rings. The van der Waals surface area contributed by atoms with Gasteiger partial charge in [-0.2, -0.15) is 0 Å². The van der Waals surface area contributed by atoms with E-state index in [-0.39, 0.29) is 0 Å². The largest absolute Gasteiger partial charge is 0.428 e. The van der Waals surface area contributed by atoms with Gasteiger partial charge in [-0.3, -0.25) is 4.79 Å². The Morgan fingerprint density at radius 3 is 2.50 bits per heavy atom. The highest BCUT2D eigenvalue weighted by molar-refractivity contribution is 7.14. The molecule has 22 heavy (non-hydrogen) atoms. The average Bonchev–Trinajstić information content (AvgIpc) is 2.99. The maximum atomic E-state index is 10.6. The predicted octanol–water partition coefficient (Wildman–Crippen LogP) is 5.76. The lowest BCUT2D eigenvalue weighted by atomic mass is 10.1. The van der Waals surface area contributed by atoms with Gasteiger partial charge in [0, 0.05) is 15.3 Å². The van der Waals surface area contributed by atoms with Gasteiger partial charge in [0.05, 0.1) is 0 Å². The van der Waals surface area contributed by atoms with Crippen LogP contribution in [0.3, 0.4) is 0 Å². The molecule has 0 aliphatic rings. The molecular weight excluding hydrogens is 292 g/mol. The van der Waals surface area contributed by atoms with Gasteiger partial charge in [0.25, 0.3) is 6.47 Å². The van der Waals surface area contributed by atoms with E-state index in [1.165, 1.54) is 9.75 Å². The molecule has 0 bridgehead atoms. The molecule has 0 aromatic carbocycles. The van der Waals surface area contributed by atoms with Crippen molar-refractivity contribution in [1.29, 1.82) is 0 Å². The van der Waals surface area contributed by atoms with E-state index < -0.39 is 0 Å². The lowest BCUT2D eigenvalue weighted by Crippen LogP contribution is -1.93. The van der Waals surface area contributed by atoms with Gasteiger partial charge in [0.1, 0.15) is 5.76 Å². The van der Waals surface area contributed by atoms with Crippen molar-refractivity contribution in [2.45, 2.75) is 27.7 Å². The minimum Gasteiger partial charge on any atom is -0.428 e. The van der Waals surface area contributed by atoms with Crippen LogP contribution < -0.4 is 0 Å². The summed E-state index contributed by atoms with van der Waals surface area (Å²) in [6.07, 6.45) is 13.9. The predicted molar refractivity (Wildman–Crippen MR) is 96.5 cm³/mol. The fourth-order valence-electron chi connectivity index (χ4n) is 1.87. The molecule has 2 nitrogen and oxygen atoms in total. The highest BCUT2D eigenvalue weighted by Gasteiger charge is 2.05. The zero-order valence-electron chi connectivity index (χ0n) is 13.5. The van der Waals surface area contributed by atoms with E-state index in [2.05, 4.69) is 25.1 Å². The standard InChI is InChI=1S/C19H22O2S/c1-5-8-9-10-17-11-12-19(22-17)15(4)13-16(6-2)18(7-3)21-14-20/h5-14H,1-4H3/b8-5+,10-9+,15-13+,16-6-,18-7+. The van der Waals surface area contributed by atoms with Crippen LogP contribution in [0.5, 0.6) is 0 Å². The molecular formula is C19H22O2S. The van der Waals surface area contributed by atoms with Crippen molar-refractivity contribution in [1.82, 2.24) is 0 Å². The Balaban J connectivity index is 2.98. The molecule has 1 rings (SSSR count). The molecule has 0 unspecified atom stereocenters. The fourth-order valence-corrected chi connectivity index (χ4v) is 2.76. The normalized spacial score (nSPS) is 14.1. The van der Waals surface area contributed by atoms with Crippen molar-refractivity contribution in [3.8, 4) is 0 Å². The van der Waals surface area contributed by atoms with E-state index in [0.29, 0.717) is 12.2 Å². The Morgan fingerprint density at radius 1 is 1.14 bits per heavy atom. The molecule has 0 N–H and O–H groups in total. The zero-order chi connectivity index (χ0) is 16.4. The smallest absolute Gasteiger partial charge is 0.298 e. The van der Waals surface area contributed by atoms with E-state index >= 15 is 0 Å². The third-order valence-electron chi connectivity index (χ3n) is 2.98. The number of hydrogen-bond acceptors (Lipinski definition) is 3. The molecule has 0 spiro atoms. The maximum Gasteiger partial charge on any atom is 0.298 e. The molecule has 0 radical (unpaired) electrons.